The minimum atomic E-state index is -0.779. The summed E-state index contributed by atoms with van der Waals surface area (Å²) in [6.45, 7) is 0.112. The number of carbonyl (C=O) groups excluding carboxylic acids is 1. The first-order chi connectivity index (χ1) is 11.5. The number of nitrogens with one attached hydrogen (secondary N) is 1. The molecule has 0 radical (unpaired) electrons. The Hall–Kier alpha value is -2.06. The molecular weight excluding hydrogens is 444 g/mol. The third kappa shape index (κ3) is 3.70. The van der Waals surface area contributed by atoms with Crippen molar-refractivity contribution in [3.63, 3.8) is 0 Å². The second kappa shape index (κ2) is 7.23. The molecule has 1 amide bonds. The lowest BCUT2D eigenvalue weighted by Crippen LogP contribution is -2.42. The highest BCUT2D eigenvalue weighted by atomic mass is 79.9. The Morgan fingerprint density at radius 2 is 2.00 bits per heavy atom. The van der Waals surface area contributed by atoms with Crippen LogP contribution >= 0.6 is 31.9 Å². The highest BCUT2D eigenvalue weighted by Gasteiger charge is 2.26. The van der Waals surface area contributed by atoms with Gasteiger partial charge in [-0.25, -0.2) is 5.43 Å². The fraction of sp³-hybridized carbons (Fsp3) is 0.125. The Balaban J connectivity index is 1.63. The molecule has 0 aliphatic carbocycles. The van der Waals surface area contributed by atoms with Gasteiger partial charge in [-0.15, -0.1) is 0 Å². The number of hydrogen-bond acceptors (Lipinski definition) is 5. The number of aromatic hydroxyl groups is 1. The Morgan fingerprint density at radius 1 is 1.25 bits per heavy atom. The molecule has 0 spiro atoms. The fourth-order valence-electron chi connectivity index (χ4n) is 2.04. The topological polar surface area (TPSA) is 80.2 Å². The molecule has 1 aliphatic heterocycles. The van der Waals surface area contributed by atoms with Crippen molar-refractivity contribution in [3.05, 3.63) is 50.9 Å². The summed E-state index contributed by atoms with van der Waals surface area (Å²) in [5.74, 6) is 0.789. The lowest BCUT2D eigenvalue weighted by molar-refractivity contribution is -0.130. The number of fused-ring (bicyclic) bond motifs is 1. The van der Waals surface area contributed by atoms with Gasteiger partial charge in [0.1, 0.15) is 12.4 Å². The van der Waals surface area contributed by atoms with Gasteiger partial charge in [-0.1, -0.05) is 28.1 Å². The zero-order valence-corrected chi connectivity index (χ0v) is 15.4. The molecule has 2 N–H and O–H groups in total. The van der Waals surface area contributed by atoms with Crippen molar-refractivity contribution in [1.82, 2.24) is 5.43 Å². The number of halogens is 2. The Morgan fingerprint density at radius 3 is 2.79 bits per heavy atom. The SMILES string of the molecule is O=C(N/N=C\c1cc(O)c(Br)cc1Br)[C@@H]1COc2ccccc2O1. The second-order valence-electron chi connectivity index (χ2n) is 4.92. The number of hydrazone groups is 1. The molecule has 2 aromatic rings. The van der Waals surface area contributed by atoms with Crippen LogP contribution in [-0.4, -0.2) is 29.9 Å². The van der Waals surface area contributed by atoms with E-state index in [0.717, 1.165) is 4.47 Å². The van der Waals surface area contributed by atoms with E-state index < -0.39 is 12.0 Å². The molecule has 1 aliphatic rings. The van der Waals surface area contributed by atoms with Crippen molar-refractivity contribution in [2.45, 2.75) is 6.10 Å². The number of para-hydroxylation sites is 2. The largest absolute Gasteiger partial charge is 0.507 e. The zero-order valence-electron chi connectivity index (χ0n) is 12.2. The number of rotatable bonds is 3. The predicted octanol–water partition coefficient (Wildman–Crippen LogP) is 3.21. The molecule has 0 unspecified atom stereocenters. The molecular formula is C16H12Br2N2O4. The third-order valence-electron chi connectivity index (χ3n) is 3.25. The predicted molar refractivity (Wildman–Crippen MR) is 95.6 cm³/mol. The first-order valence-electron chi connectivity index (χ1n) is 6.94. The summed E-state index contributed by atoms with van der Waals surface area (Å²) < 4.78 is 12.4. The van der Waals surface area contributed by atoms with E-state index in [2.05, 4.69) is 42.4 Å². The Labute approximate surface area is 154 Å². The van der Waals surface area contributed by atoms with Crippen LogP contribution in [0.3, 0.4) is 0 Å². The van der Waals surface area contributed by atoms with Crippen molar-refractivity contribution < 1.29 is 19.4 Å². The molecule has 3 rings (SSSR count). The van der Waals surface area contributed by atoms with Crippen LogP contribution in [-0.2, 0) is 4.79 Å². The van der Waals surface area contributed by atoms with Gasteiger partial charge in [0.2, 0.25) is 6.10 Å². The van der Waals surface area contributed by atoms with Crippen molar-refractivity contribution in [1.29, 1.82) is 0 Å². The number of carbonyl (C=O) groups is 1. The van der Waals surface area contributed by atoms with E-state index in [1.54, 1.807) is 24.3 Å². The maximum atomic E-state index is 12.1. The summed E-state index contributed by atoms with van der Waals surface area (Å²) in [6.07, 6.45) is 0.644. The van der Waals surface area contributed by atoms with E-state index >= 15 is 0 Å². The fourth-order valence-corrected chi connectivity index (χ4v) is 3.14. The lowest BCUT2D eigenvalue weighted by Gasteiger charge is -2.24. The number of amides is 1. The average Bonchev–Trinajstić information content (AvgIpc) is 2.58. The third-order valence-corrected chi connectivity index (χ3v) is 4.57. The number of hydrogen-bond donors (Lipinski definition) is 2. The van der Waals surface area contributed by atoms with Crippen LogP contribution in [0, 0.1) is 0 Å². The molecule has 0 bridgehead atoms. The van der Waals surface area contributed by atoms with E-state index in [0.29, 0.717) is 21.5 Å². The molecule has 24 heavy (non-hydrogen) atoms. The van der Waals surface area contributed by atoms with Crippen molar-refractivity contribution >= 4 is 44.0 Å². The van der Waals surface area contributed by atoms with Gasteiger partial charge in [0, 0.05) is 10.0 Å². The van der Waals surface area contributed by atoms with Crippen LogP contribution in [0.15, 0.2) is 50.4 Å². The number of phenolic OH excluding ortho intramolecular Hbond substituents is 1. The van der Waals surface area contributed by atoms with Gasteiger partial charge in [0.05, 0.1) is 10.7 Å². The van der Waals surface area contributed by atoms with E-state index in [4.69, 9.17) is 9.47 Å². The molecule has 1 heterocycles. The number of benzene rings is 2. The van der Waals surface area contributed by atoms with E-state index in [-0.39, 0.29) is 12.4 Å². The molecule has 8 heteroatoms. The first-order valence-corrected chi connectivity index (χ1v) is 8.52. The minimum absolute atomic E-state index is 0.0756. The molecule has 0 saturated heterocycles. The highest BCUT2D eigenvalue weighted by molar-refractivity contribution is 9.11. The smallest absolute Gasteiger partial charge is 0.284 e. The zero-order chi connectivity index (χ0) is 17.1. The van der Waals surface area contributed by atoms with Crippen LogP contribution in [0.5, 0.6) is 17.2 Å². The van der Waals surface area contributed by atoms with Gasteiger partial charge in [0.15, 0.2) is 11.5 Å². The van der Waals surface area contributed by atoms with Crippen LogP contribution in [0.4, 0.5) is 0 Å². The Kier molecular flexibility index (Phi) is 5.06. The standard InChI is InChI=1S/C16H12Br2N2O4/c17-10-6-11(18)12(21)5-9(10)7-19-20-16(22)15-8-23-13-3-1-2-4-14(13)24-15/h1-7,15,21H,8H2,(H,20,22)/b19-7-/t15-/m0/s1. The molecule has 0 fully saturated rings. The summed E-state index contributed by atoms with van der Waals surface area (Å²) in [5, 5.41) is 13.6. The summed E-state index contributed by atoms with van der Waals surface area (Å²) >= 11 is 6.57. The van der Waals surface area contributed by atoms with Gasteiger partial charge in [-0.3, -0.25) is 4.79 Å². The van der Waals surface area contributed by atoms with Gasteiger partial charge >= 0.3 is 0 Å². The molecule has 6 nitrogen and oxygen atoms in total. The van der Waals surface area contributed by atoms with Crippen LogP contribution in [0.25, 0.3) is 0 Å². The second-order valence-corrected chi connectivity index (χ2v) is 6.63. The van der Waals surface area contributed by atoms with E-state index in [1.165, 1.54) is 12.3 Å². The minimum Gasteiger partial charge on any atom is -0.507 e. The summed E-state index contributed by atoms with van der Waals surface area (Å²) in [6, 6.07) is 10.4. The van der Waals surface area contributed by atoms with Crippen molar-refractivity contribution in [2.24, 2.45) is 5.10 Å². The normalized spacial score (nSPS) is 16.2. The quantitative estimate of drug-likeness (QED) is 0.550. The van der Waals surface area contributed by atoms with Gasteiger partial charge in [0.25, 0.3) is 5.91 Å². The number of nitrogens with zero attached hydrogens (tertiary/aromatic N) is 1. The molecule has 2 aromatic carbocycles. The molecule has 1 atom stereocenters. The molecule has 0 saturated carbocycles. The Bertz CT molecular complexity index is 811. The monoisotopic (exact) mass is 454 g/mol. The highest BCUT2D eigenvalue weighted by Crippen LogP contribution is 2.31. The van der Waals surface area contributed by atoms with Gasteiger partial charge < -0.3 is 14.6 Å². The van der Waals surface area contributed by atoms with Gasteiger partial charge in [-0.05, 0) is 40.2 Å². The lowest BCUT2D eigenvalue weighted by atomic mass is 10.2. The average molecular weight is 456 g/mol. The van der Waals surface area contributed by atoms with E-state index in [9.17, 15) is 9.90 Å². The van der Waals surface area contributed by atoms with Crippen molar-refractivity contribution in [2.75, 3.05) is 6.61 Å². The van der Waals surface area contributed by atoms with E-state index in [1.807, 2.05) is 6.07 Å². The summed E-state index contributed by atoms with van der Waals surface area (Å²) in [7, 11) is 0. The summed E-state index contributed by atoms with van der Waals surface area (Å²) in [5.41, 5.74) is 3.02. The van der Waals surface area contributed by atoms with Crippen LogP contribution < -0.4 is 14.9 Å². The maximum absolute atomic E-state index is 12.1. The first kappa shape index (κ1) is 16.8. The molecule has 0 aromatic heterocycles. The number of ether oxygens (including phenoxy) is 2. The van der Waals surface area contributed by atoms with Crippen LogP contribution in [0.2, 0.25) is 0 Å². The van der Waals surface area contributed by atoms with Crippen LogP contribution in [0.1, 0.15) is 5.56 Å². The molecule has 124 valence electrons. The maximum Gasteiger partial charge on any atom is 0.284 e. The summed E-state index contributed by atoms with van der Waals surface area (Å²) in [4.78, 5) is 12.1. The van der Waals surface area contributed by atoms with Gasteiger partial charge in [-0.2, -0.15) is 5.10 Å². The number of phenols is 1. The van der Waals surface area contributed by atoms with Crippen molar-refractivity contribution in [3.8, 4) is 17.2 Å².